The predicted octanol–water partition coefficient (Wildman–Crippen LogP) is 3.47. The number of rotatable bonds is 7. The Morgan fingerprint density at radius 3 is 2.74 bits per heavy atom. The number of hydrogen-bond acceptors (Lipinski definition) is 5. The molecule has 0 unspecified atom stereocenters. The molecule has 0 saturated carbocycles. The highest BCUT2D eigenvalue weighted by molar-refractivity contribution is 5.91. The van der Waals surface area contributed by atoms with Gasteiger partial charge in [0.05, 0.1) is 7.11 Å². The molecule has 140 valence electrons. The van der Waals surface area contributed by atoms with Crippen LogP contribution in [0.15, 0.2) is 53.1 Å². The van der Waals surface area contributed by atoms with Gasteiger partial charge in [-0.3, -0.25) is 4.79 Å². The Kier molecular flexibility index (Phi) is 5.65. The number of methoxy groups -OCH3 is 1. The summed E-state index contributed by atoms with van der Waals surface area (Å²) >= 11 is 0. The van der Waals surface area contributed by atoms with Gasteiger partial charge in [0.2, 0.25) is 5.89 Å². The highest BCUT2D eigenvalue weighted by atomic mass is 19.2. The lowest BCUT2D eigenvalue weighted by atomic mass is 10.2. The number of carbonyl (C=O) groups excluding carboxylic acids is 1. The molecule has 0 fully saturated rings. The Hall–Kier alpha value is -3.42. The summed E-state index contributed by atoms with van der Waals surface area (Å²) in [5.41, 5.74) is 0.481. The van der Waals surface area contributed by atoms with Crippen LogP contribution in [0, 0.1) is 11.6 Å². The first-order chi connectivity index (χ1) is 13.0. The minimum atomic E-state index is -0.972. The molecule has 3 aromatic rings. The second-order valence-electron chi connectivity index (χ2n) is 5.53. The minimum Gasteiger partial charge on any atom is -0.497 e. The maximum Gasteiger partial charge on any atom is 0.273 e. The van der Waals surface area contributed by atoms with Gasteiger partial charge in [-0.1, -0.05) is 12.1 Å². The van der Waals surface area contributed by atoms with Crippen LogP contribution in [-0.2, 0) is 13.2 Å². The topological polar surface area (TPSA) is 73.6 Å². The molecule has 0 aliphatic carbocycles. The fourth-order valence-electron chi connectivity index (χ4n) is 2.24. The zero-order valence-electron chi connectivity index (χ0n) is 14.4. The molecule has 2 aromatic carbocycles. The first-order valence-corrected chi connectivity index (χ1v) is 7.98. The summed E-state index contributed by atoms with van der Waals surface area (Å²) in [4.78, 5) is 16.1. The van der Waals surface area contributed by atoms with Crippen LogP contribution >= 0.6 is 0 Å². The van der Waals surface area contributed by atoms with Crippen molar-refractivity contribution in [2.75, 3.05) is 7.11 Å². The number of carbonyl (C=O) groups is 1. The number of hydrogen-bond donors (Lipinski definition) is 1. The molecule has 3 rings (SSSR count). The number of halogens is 2. The Balaban J connectivity index is 1.54. The zero-order valence-corrected chi connectivity index (χ0v) is 14.4. The van der Waals surface area contributed by atoms with Crippen molar-refractivity contribution in [3.63, 3.8) is 0 Å². The average molecular weight is 374 g/mol. The molecule has 0 bridgehead atoms. The van der Waals surface area contributed by atoms with Crippen molar-refractivity contribution in [2.24, 2.45) is 0 Å². The Morgan fingerprint density at radius 2 is 1.96 bits per heavy atom. The first-order valence-electron chi connectivity index (χ1n) is 7.98. The number of oxazole rings is 1. The molecule has 0 radical (unpaired) electrons. The van der Waals surface area contributed by atoms with Crippen LogP contribution < -0.4 is 14.8 Å². The van der Waals surface area contributed by atoms with E-state index in [4.69, 9.17) is 13.9 Å². The number of amides is 1. The van der Waals surface area contributed by atoms with Crippen LogP contribution in [0.4, 0.5) is 8.78 Å². The SMILES string of the molecule is COc1cccc(OCc2nc(C(=O)NCc3ccc(F)c(F)c3)co2)c1. The maximum absolute atomic E-state index is 13.2. The van der Waals surface area contributed by atoms with Crippen LogP contribution in [0.5, 0.6) is 11.5 Å². The smallest absolute Gasteiger partial charge is 0.273 e. The van der Waals surface area contributed by atoms with E-state index in [1.807, 2.05) is 0 Å². The van der Waals surface area contributed by atoms with Crippen molar-refractivity contribution < 1.29 is 27.5 Å². The number of ether oxygens (including phenoxy) is 2. The van der Waals surface area contributed by atoms with Crippen LogP contribution in [0.25, 0.3) is 0 Å². The van der Waals surface area contributed by atoms with Crippen LogP contribution in [0.3, 0.4) is 0 Å². The van der Waals surface area contributed by atoms with E-state index in [-0.39, 0.29) is 24.7 Å². The third kappa shape index (κ3) is 4.81. The van der Waals surface area contributed by atoms with Gasteiger partial charge in [0, 0.05) is 12.6 Å². The zero-order chi connectivity index (χ0) is 19.2. The van der Waals surface area contributed by atoms with Gasteiger partial charge in [-0.15, -0.1) is 0 Å². The molecular formula is C19H16F2N2O4. The lowest BCUT2D eigenvalue weighted by Gasteiger charge is -2.05. The molecular weight excluding hydrogens is 358 g/mol. The molecule has 0 aliphatic heterocycles. The molecule has 0 spiro atoms. The molecule has 0 aliphatic rings. The largest absolute Gasteiger partial charge is 0.497 e. The van der Waals surface area contributed by atoms with Crippen molar-refractivity contribution in [3.8, 4) is 11.5 Å². The molecule has 1 heterocycles. The van der Waals surface area contributed by atoms with E-state index < -0.39 is 17.5 Å². The molecule has 1 amide bonds. The van der Waals surface area contributed by atoms with Crippen LogP contribution in [0.2, 0.25) is 0 Å². The Labute approximate surface area is 153 Å². The van der Waals surface area contributed by atoms with Gasteiger partial charge in [0.15, 0.2) is 23.9 Å². The van der Waals surface area contributed by atoms with Gasteiger partial charge in [-0.25, -0.2) is 13.8 Å². The van der Waals surface area contributed by atoms with Crippen molar-refractivity contribution in [2.45, 2.75) is 13.2 Å². The highest BCUT2D eigenvalue weighted by Gasteiger charge is 2.13. The highest BCUT2D eigenvalue weighted by Crippen LogP contribution is 2.20. The van der Waals surface area contributed by atoms with E-state index in [9.17, 15) is 13.6 Å². The number of nitrogens with zero attached hydrogens (tertiary/aromatic N) is 1. The van der Waals surface area contributed by atoms with Crippen molar-refractivity contribution in [1.82, 2.24) is 10.3 Å². The summed E-state index contributed by atoms with van der Waals surface area (Å²) < 4.78 is 41.9. The molecule has 0 atom stereocenters. The van der Waals surface area contributed by atoms with Crippen molar-refractivity contribution in [1.29, 1.82) is 0 Å². The Bertz CT molecular complexity index is 943. The standard InChI is InChI=1S/C19H16F2N2O4/c1-25-13-3-2-4-14(8-13)26-11-18-23-17(10-27-18)19(24)22-9-12-5-6-15(20)16(21)7-12/h2-8,10H,9,11H2,1H3,(H,22,24). The summed E-state index contributed by atoms with van der Waals surface area (Å²) in [6.07, 6.45) is 1.20. The lowest BCUT2D eigenvalue weighted by Crippen LogP contribution is -2.23. The first kappa shape index (κ1) is 18.4. The summed E-state index contributed by atoms with van der Waals surface area (Å²) in [6, 6.07) is 10.4. The summed E-state index contributed by atoms with van der Waals surface area (Å²) in [7, 11) is 1.55. The predicted molar refractivity (Wildman–Crippen MR) is 91.4 cm³/mol. The van der Waals surface area contributed by atoms with E-state index in [0.717, 1.165) is 12.1 Å². The van der Waals surface area contributed by atoms with Crippen LogP contribution in [0.1, 0.15) is 21.9 Å². The number of nitrogens with one attached hydrogen (secondary N) is 1. The van der Waals surface area contributed by atoms with Gasteiger partial charge < -0.3 is 19.2 Å². The van der Waals surface area contributed by atoms with Crippen LogP contribution in [-0.4, -0.2) is 18.0 Å². The van der Waals surface area contributed by atoms with Crippen molar-refractivity contribution in [3.05, 3.63) is 77.5 Å². The second kappa shape index (κ2) is 8.31. The summed E-state index contributed by atoms with van der Waals surface area (Å²) in [5, 5.41) is 2.56. The molecule has 27 heavy (non-hydrogen) atoms. The fourth-order valence-corrected chi connectivity index (χ4v) is 2.24. The molecule has 1 N–H and O–H groups in total. The minimum absolute atomic E-state index is 0.0263. The quantitative estimate of drug-likeness (QED) is 0.686. The number of benzene rings is 2. The maximum atomic E-state index is 13.2. The van der Waals surface area contributed by atoms with Gasteiger partial charge in [0.25, 0.3) is 5.91 Å². The van der Waals surface area contributed by atoms with Gasteiger partial charge in [-0.05, 0) is 29.8 Å². The van der Waals surface area contributed by atoms with E-state index >= 15 is 0 Å². The average Bonchev–Trinajstić information content (AvgIpc) is 3.16. The second-order valence-corrected chi connectivity index (χ2v) is 5.53. The Morgan fingerprint density at radius 1 is 1.15 bits per heavy atom. The van der Waals surface area contributed by atoms with Gasteiger partial charge in [0.1, 0.15) is 17.8 Å². The van der Waals surface area contributed by atoms with E-state index in [2.05, 4.69) is 10.3 Å². The van der Waals surface area contributed by atoms with E-state index in [0.29, 0.717) is 17.1 Å². The third-order valence-corrected chi connectivity index (χ3v) is 3.62. The lowest BCUT2D eigenvalue weighted by molar-refractivity contribution is 0.0945. The molecule has 0 saturated heterocycles. The normalized spacial score (nSPS) is 10.5. The fraction of sp³-hybridized carbons (Fsp3) is 0.158. The summed E-state index contributed by atoms with van der Waals surface area (Å²) in [6.45, 7) is 0.0577. The van der Waals surface area contributed by atoms with E-state index in [1.165, 1.54) is 12.3 Å². The van der Waals surface area contributed by atoms with E-state index in [1.54, 1.807) is 31.4 Å². The third-order valence-electron chi connectivity index (χ3n) is 3.62. The number of aromatic nitrogens is 1. The summed E-state index contributed by atoms with van der Waals surface area (Å²) in [5.74, 6) is -0.983. The molecule has 6 nitrogen and oxygen atoms in total. The van der Waals surface area contributed by atoms with Gasteiger partial charge in [-0.2, -0.15) is 0 Å². The van der Waals surface area contributed by atoms with Gasteiger partial charge >= 0.3 is 0 Å². The molecule has 1 aromatic heterocycles. The molecule has 8 heteroatoms. The van der Waals surface area contributed by atoms with Crippen molar-refractivity contribution >= 4 is 5.91 Å². The monoisotopic (exact) mass is 374 g/mol.